The van der Waals surface area contributed by atoms with Gasteiger partial charge in [0.05, 0.1) is 0 Å². The Bertz CT molecular complexity index is 723. The summed E-state index contributed by atoms with van der Waals surface area (Å²) in [7, 11) is 0. The van der Waals surface area contributed by atoms with Crippen LogP contribution in [0.3, 0.4) is 0 Å². The maximum Gasteiger partial charge on any atom is 0.303 e. The quantitative estimate of drug-likeness (QED) is 0.457. The summed E-state index contributed by atoms with van der Waals surface area (Å²) >= 11 is 0. The van der Waals surface area contributed by atoms with Gasteiger partial charge >= 0.3 is 23.9 Å². The van der Waals surface area contributed by atoms with Crippen LogP contribution in [0, 0.1) is 0 Å². The number of nitrogens with zero attached hydrogens (tertiary/aromatic N) is 3. The Morgan fingerprint density at radius 2 is 1.46 bits per heavy atom. The number of carbonyl (C=O) groups is 4. The number of hydrogen-bond donors (Lipinski definition) is 1. The van der Waals surface area contributed by atoms with Gasteiger partial charge in [0.1, 0.15) is 12.7 Å². The Labute approximate surface area is 159 Å². The van der Waals surface area contributed by atoms with E-state index in [0.29, 0.717) is 0 Å². The highest BCUT2D eigenvalue weighted by Gasteiger charge is 2.53. The van der Waals surface area contributed by atoms with E-state index in [-0.39, 0.29) is 12.4 Å². The molecule has 1 saturated heterocycles. The van der Waals surface area contributed by atoms with Crippen molar-refractivity contribution in [2.75, 3.05) is 6.61 Å². The predicted octanol–water partition coefficient (Wildman–Crippen LogP) is -1.00. The summed E-state index contributed by atoms with van der Waals surface area (Å²) in [5.41, 5.74) is 0. The molecule has 13 heteroatoms. The number of aromatic amines is 1. The second-order valence-corrected chi connectivity index (χ2v) is 5.89. The maximum absolute atomic E-state index is 11.7. The zero-order valence-corrected chi connectivity index (χ0v) is 15.6. The third-order valence-corrected chi connectivity index (χ3v) is 3.61. The van der Waals surface area contributed by atoms with Gasteiger partial charge in [0.15, 0.2) is 24.4 Å². The van der Waals surface area contributed by atoms with Crippen molar-refractivity contribution in [1.82, 2.24) is 20.6 Å². The summed E-state index contributed by atoms with van der Waals surface area (Å²) in [6, 6.07) is 0. The van der Waals surface area contributed by atoms with Gasteiger partial charge in [-0.05, 0) is 0 Å². The van der Waals surface area contributed by atoms with Gasteiger partial charge in [-0.3, -0.25) is 19.2 Å². The van der Waals surface area contributed by atoms with Gasteiger partial charge < -0.3 is 23.7 Å². The highest BCUT2D eigenvalue weighted by Crippen LogP contribution is 2.36. The molecule has 1 aliphatic rings. The Hall–Kier alpha value is -3.09. The predicted molar refractivity (Wildman–Crippen MR) is 85.1 cm³/mol. The van der Waals surface area contributed by atoms with Crippen LogP contribution in [0.1, 0.15) is 39.6 Å². The fourth-order valence-corrected chi connectivity index (χ4v) is 2.73. The van der Waals surface area contributed by atoms with Crippen molar-refractivity contribution in [3.63, 3.8) is 0 Å². The number of ether oxygens (including phenoxy) is 5. The smallest absolute Gasteiger partial charge is 0.303 e. The van der Waals surface area contributed by atoms with Crippen molar-refractivity contribution in [1.29, 1.82) is 0 Å². The van der Waals surface area contributed by atoms with Crippen molar-refractivity contribution in [2.24, 2.45) is 0 Å². The summed E-state index contributed by atoms with van der Waals surface area (Å²) in [6.45, 7) is 4.27. The topological polar surface area (TPSA) is 169 Å². The first kappa shape index (κ1) is 21.2. The van der Waals surface area contributed by atoms with E-state index in [1.54, 1.807) is 0 Å². The molecule has 1 aromatic rings. The molecule has 0 amide bonds. The lowest BCUT2D eigenvalue weighted by atomic mass is 9.93. The second kappa shape index (κ2) is 9.21. The highest BCUT2D eigenvalue weighted by atomic mass is 16.7. The first-order valence-electron chi connectivity index (χ1n) is 8.22. The first-order chi connectivity index (χ1) is 13.2. The third-order valence-electron chi connectivity index (χ3n) is 3.61. The molecule has 154 valence electrons. The summed E-state index contributed by atoms with van der Waals surface area (Å²) in [6.07, 6.45) is -5.96. The van der Waals surface area contributed by atoms with E-state index >= 15 is 0 Å². The van der Waals surface area contributed by atoms with Crippen LogP contribution in [0.5, 0.6) is 0 Å². The van der Waals surface area contributed by atoms with Gasteiger partial charge in [-0.15, -0.1) is 10.2 Å². The molecule has 1 aromatic heterocycles. The normalized spacial score (nSPS) is 26.8. The molecule has 28 heavy (non-hydrogen) atoms. The highest BCUT2D eigenvalue weighted by molar-refractivity contribution is 5.68. The van der Waals surface area contributed by atoms with E-state index in [2.05, 4.69) is 20.6 Å². The van der Waals surface area contributed by atoms with Crippen molar-refractivity contribution >= 4 is 23.9 Å². The van der Waals surface area contributed by atoms with E-state index in [0.717, 1.165) is 20.8 Å². The number of H-pyrrole nitrogens is 1. The van der Waals surface area contributed by atoms with Crippen LogP contribution in [-0.2, 0) is 42.9 Å². The zero-order chi connectivity index (χ0) is 20.8. The summed E-state index contributed by atoms with van der Waals surface area (Å²) in [5, 5.41) is 13.3. The molecular weight excluding hydrogens is 380 g/mol. The Kier molecular flexibility index (Phi) is 6.98. The van der Waals surface area contributed by atoms with E-state index < -0.39 is 54.4 Å². The van der Waals surface area contributed by atoms with E-state index in [4.69, 9.17) is 23.7 Å². The lowest BCUT2D eigenvalue weighted by Gasteiger charge is -2.43. The van der Waals surface area contributed by atoms with Crippen molar-refractivity contribution in [3.8, 4) is 0 Å². The van der Waals surface area contributed by atoms with Gasteiger partial charge in [0.25, 0.3) is 0 Å². The molecule has 2 rings (SSSR count). The van der Waals surface area contributed by atoms with Crippen molar-refractivity contribution < 1.29 is 42.9 Å². The fraction of sp³-hybridized carbons (Fsp3) is 0.667. The lowest BCUT2D eigenvalue weighted by Crippen LogP contribution is -2.59. The maximum atomic E-state index is 11.7. The molecule has 0 bridgehead atoms. The molecular formula is C15H20N4O9. The molecule has 2 heterocycles. The van der Waals surface area contributed by atoms with Crippen molar-refractivity contribution in [3.05, 3.63) is 5.82 Å². The minimum atomic E-state index is -1.27. The van der Waals surface area contributed by atoms with Gasteiger partial charge in [-0.2, -0.15) is 5.21 Å². The monoisotopic (exact) mass is 400 g/mol. The average molecular weight is 400 g/mol. The molecule has 0 radical (unpaired) electrons. The van der Waals surface area contributed by atoms with Gasteiger partial charge in [0, 0.05) is 27.7 Å². The number of rotatable bonds is 6. The average Bonchev–Trinajstić information content (AvgIpc) is 3.09. The summed E-state index contributed by atoms with van der Waals surface area (Å²) in [5.74, 6) is -2.75. The van der Waals surface area contributed by atoms with Crippen LogP contribution in [0.4, 0.5) is 0 Å². The zero-order valence-electron chi connectivity index (χ0n) is 15.6. The minimum absolute atomic E-state index is 0.00231. The van der Waals surface area contributed by atoms with Crippen LogP contribution in [-0.4, -0.2) is 75.5 Å². The molecule has 1 unspecified atom stereocenters. The van der Waals surface area contributed by atoms with Gasteiger partial charge in [-0.1, -0.05) is 5.21 Å². The number of carbonyl (C=O) groups excluding carboxylic acids is 4. The van der Waals surface area contributed by atoms with Crippen LogP contribution >= 0.6 is 0 Å². The van der Waals surface area contributed by atoms with Gasteiger partial charge in [0.2, 0.25) is 5.82 Å². The Balaban J connectivity index is 2.45. The molecule has 0 aliphatic carbocycles. The Morgan fingerprint density at radius 1 is 0.893 bits per heavy atom. The van der Waals surface area contributed by atoms with E-state index in [1.165, 1.54) is 6.92 Å². The van der Waals surface area contributed by atoms with Crippen LogP contribution < -0.4 is 0 Å². The number of esters is 4. The molecule has 0 spiro atoms. The fourth-order valence-electron chi connectivity index (χ4n) is 2.73. The number of nitrogens with one attached hydrogen (secondary N) is 1. The second-order valence-electron chi connectivity index (χ2n) is 5.89. The molecule has 5 atom stereocenters. The molecule has 1 N–H and O–H groups in total. The van der Waals surface area contributed by atoms with Crippen LogP contribution in [0.25, 0.3) is 0 Å². The third kappa shape index (κ3) is 5.45. The molecule has 13 nitrogen and oxygen atoms in total. The number of aromatic nitrogens is 4. The largest absolute Gasteiger partial charge is 0.463 e. The molecule has 0 saturated carbocycles. The SMILES string of the molecule is CC(=O)OC[C@H]1OC(c2nn[nH]n2)[C@H](OC(C)=O)[C@@H](OC(C)=O)[C@H]1OC(C)=O. The lowest BCUT2D eigenvalue weighted by molar-refractivity contribution is -0.255. The standard InChI is InChI=1S/C15H20N4O9/c1-6(20)24-5-10-11(25-7(2)21)12(26-8(3)22)13(27-9(4)23)14(28-10)15-16-18-19-17-15/h10-14H,5H2,1-4H3,(H,16,17,18,19)/t10-,11+,12+,13-,14?/m1/s1. The van der Waals surface area contributed by atoms with Crippen molar-refractivity contribution in [2.45, 2.75) is 58.2 Å². The number of tetrazole rings is 1. The summed E-state index contributed by atoms with van der Waals surface area (Å²) < 4.78 is 26.6. The Morgan fingerprint density at radius 3 is 1.96 bits per heavy atom. The van der Waals surface area contributed by atoms with Crippen LogP contribution in [0.2, 0.25) is 0 Å². The van der Waals surface area contributed by atoms with E-state index in [9.17, 15) is 19.2 Å². The molecule has 1 aliphatic heterocycles. The molecule has 0 aromatic carbocycles. The number of hydrogen-bond acceptors (Lipinski definition) is 12. The van der Waals surface area contributed by atoms with Crippen LogP contribution in [0.15, 0.2) is 0 Å². The minimum Gasteiger partial charge on any atom is -0.463 e. The molecule has 1 fully saturated rings. The van der Waals surface area contributed by atoms with Gasteiger partial charge in [-0.25, -0.2) is 0 Å². The van der Waals surface area contributed by atoms with E-state index in [1.807, 2.05) is 0 Å². The first-order valence-corrected chi connectivity index (χ1v) is 8.22. The summed E-state index contributed by atoms with van der Waals surface area (Å²) in [4.78, 5) is 46.1.